The van der Waals surface area contributed by atoms with Gasteiger partial charge < -0.3 is 28.9 Å². The molecule has 0 aliphatic rings. The average Bonchev–Trinajstić information content (AvgIpc) is 2.82. The number of hydrogen-bond acceptors (Lipinski definition) is 7. The van der Waals surface area contributed by atoms with E-state index in [0.717, 1.165) is 0 Å². The van der Waals surface area contributed by atoms with Crippen molar-refractivity contribution < 1.29 is 33.2 Å². The van der Waals surface area contributed by atoms with Crippen LogP contribution in [0.5, 0.6) is 23.0 Å². The quantitative estimate of drug-likeness (QED) is 0.216. The van der Waals surface area contributed by atoms with Crippen molar-refractivity contribution in [2.45, 2.75) is 12.8 Å². The minimum absolute atomic E-state index is 0.0645. The minimum atomic E-state index is -0.658. The molecule has 0 saturated heterocycles. The zero-order chi connectivity index (χ0) is 23.4. The number of fused-ring (bicyclic) bond motifs is 1. The fourth-order valence-electron chi connectivity index (χ4n) is 3.60. The highest BCUT2D eigenvalue weighted by atomic mass is 35.5. The summed E-state index contributed by atoms with van der Waals surface area (Å²) in [5, 5.41) is 13.7. The van der Waals surface area contributed by atoms with Gasteiger partial charge in [0.2, 0.25) is 11.2 Å². The summed E-state index contributed by atoms with van der Waals surface area (Å²) < 4.78 is 27.5. The number of esters is 1. The first-order valence-corrected chi connectivity index (χ1v) is 10.3. The Balaban J connectivity index is 2.53. The van der Waals surface area contributed by atoms with Crippen LogP contribution in [-0.2, 0) is 10.6 Å². The Morgan fingerprint density at radius 1 is 0.938 bits per heavy atom. The molecule has 170 valence electrons. The molecule has 1 aromatic heterocycles. The number of pyridine rings is 1. The van der Waals surface area contributed by atoms with Crippen molar-refractivity contribution in [3.63, 3.8) is 0 Å². The zero-order valence-electron chi connectivity index (χ0n) is 18.5. The van der Waals surface area contributed by atoms with Crippen LogP contribution in [0.1, 0.15) is 23.0 Å². The van der Waals surface area contributed by atoms with Gasteiger partial charge in [-0.2, -0.15) is 4.73 Å². The number of benzene rings is 2. The molecule has 0 amide bonds. The SMILES string of the molecule is CCOC(=O)c1c(-c2ccc(OC)c(OC)c2)c2cc(OC)c(OC)cc2[n+]([O-])c1CCl. The van der Waals surface area contributed by atoms with Crippen molar-refractivity contribution in [1.82, 2.24) is 0 Å². The molecule has 3 rings (SSSR count). The van der Waals surface area contributed by atoms with Gasteiger partial charge in [0.05, 0.1) is 46.5 Å². The lowest BCUT2D eigenvalue weighted by atomic mass is 9.93. The predicted octanol–water partition coefficient (Wildman–Crippen LogP) is 4.09. The number of alkyl halides is 1. The Bertz CT molecular complexity index is 1160. The molecule has 3 aromatic rings. The number of nitrogens with zero attached hydrogens (tertiary/aromatic N) is 1. The Morgan fingerprint density at radius 2 is 1.53 bits per heavy atom. The number of hydrogen-bond donors (Lipinski definition) is 0. The highest BCUT2D eigenvalue weighted by molar-refractivity contribution is 6.18. The van der Waals surface area contributed by atoms with Crippen LogP contribution in [0.2, 0.25) is 0 Å². The van der Waals surface area contributed by atoms with Crippen LogP contribution in [-0.4, -0.2) is 41.0 Å². The van der Waals surface area contributed by atoms with Gasteiger partial charge in [-0.1, -0.05) is 6.07 Å². The molecule has 0 saturated carbocycles. The fourth-order valence-corrected chi connectivity index (χ4v) is 3.84. The molecular formula is C23H24ClNO7. The van der Waals surface area contributed by atoms with Gasteiger partial charge in [0.25, 0.3) is 0 Å². The molecule has 0 aliphatic carbocycles. The number of carbonyl (C=O) groups excluding carboxylic acids is 1. The van der Waals surface area contributed by atoms with Gasteiger partial charge in [-0.15, -0.1) is 11.6 Å². The van der Waals surface area contributed by atoms with E-state index in [-0.39, 0.29) is 29.3 Å². The molecular weight excluding hydrogens is 438 g/mol. The summed E-state index contributed by atoms with van der Waals surface area (Å²) in [5.41, 5.74) is 1.47. The molecule has 0 unspecified atom stereocenters. The summed E-state index contributed by atoms with van der Waals surface area (Å²) in [7, 11) is 6.01. The maximum absolute atomic E-state index is 13.2. The van der Waals surface area contributed by atoms with Crippen molar-refractivity contribution in [2.75, 3.05) is 35.0 Å². The van der Waals surface area contributed by atoms with Crippen molar-refractivity contribution in [3.05, 3.63) is 46.8 Å². The van der Waals surface area contributed by atoms with E-state index in [1.165, 1.54) is 28.4 Å². The smallest absolute Gasteiger partial charge is 0.345 e. The standard InChI is InChI=1S/C23H24ClNO7/c1-6-32-23(26)22-16(12-24)25(27)15-11-20(31-5)19(30-4)10-14(15)21(22)13-7-8-17(28-2)18(9-13)29-3/h7-11H,6,12H2,1-5H3. The van der Waals surface area contributed by atoms with Gasteiger partial charge in [-0.3, -0.25) is 0 Å². The Kier molecular flexibility index (Phi) is 7.15. The van der Waals surface area contributed by atoms with Crippen LogP contribution in [0.4, 0.5) is 0 Å². The molecule has 0 spiro atoms. The Morgan fingerprint density at radius 3 is 2.09 bits per heavy atom. The van der Waals surface area contributed by atoms with E-state index in [1.807, 2.05) is 0 Å². The number of aromatic nitrogens is 1. The molecule has 0 radical (unpaired) electrons. The Hall–Kier alpha value is -3.39. The van der Waals surface area contributed by atoms with Crippen LogP contribution >= 0.6 is 11.6 Å². The second-order valence-corrected chi connectivity index (χ2v) is 6.91. The van der Waals surface area contributed by atoms with Crippen LogP contribution < -0.4 is 23.7 Å². The molecule has 0 aliphatic heterocycles. The van der Waals surface area contributed by atoms with Crippen LogP contribution in [0.15, 0.2) is 30.3 Å². The molecule has 0 atom stereocenters. The lowest BCUT2D eigenvalue weighted by Crippen LogP contribution is -2.35. The minimum Gasteiger partial charge on any atom is -0.618 e. The number of rotatable bonds is 8. The summed E-state index contributed by atoms with van der Waals surface area (Å²) >= 11 is 6.15. The molecule has 1 heterocycles. The average molecular weight is 462 g/mol. The van der Waals surface area contributed by atoms with Gasteiger partial charge >= 0.3 is 5.97 Å². The van der Waals surface area contributed by atoms with E-state index in [4.69, 9.17) is 35.3 Å². The molecule has 0 fully saturated rings. The predicted molar refractivity (Wildman–Crippen MR) is 120 cm³/mol. The van der Waals surface area contributed by atoms with E-state index in [2.05, 4.69) is 0 Å². The monoisotopic (exact) mass is 461 g/mol. The van der Waals surface area contributed by atoms with E-state index in [9.17, 15) is 10.0 Å². The third kappa shape index (κ3) is 3.93. The van der Waals surface area contributed by atoms with Gasteiger partial charge in [0, 0.05) is 5.56 Å². The second kappa shape index (κ2) is 9.82. The first-order chi connectivity index (χ1) is 15.4. The van der Waals surface area contributed by atoms with Gasteiger partial charge in [0.15, 0.2) is 23.0 Å². The first kappa shape index (κ1) is 23.3. The van der Waals surface area contributed by atoms with E-state index < -0.39 is 5.97 Å². The summed E-state index contributed by atoms with van der Waals surface area (Å²) in [5.74, 6) is 0.878. The first-order valence-electron chi connectivity index (χ1n) is 9.75. The summed E-state index contributed by atoms with van der Waals surface area (Å²) in [6, 6.07) is 8.41. The topological polar surface area (TPSA) is 90.2 Å². The maximum Gasteiger partial charge on any atom is 0.345 e. The highest BCUT2D eigenvalue weighted by Gasteiger charge is 2.31. The fraction of sp³-hybridized carbons (Fsp3) is 0.304. The molecule has 32 heavy (non-hydrogen) atoms. The van der Waals surface area contributed by atoms with E-state index in [0.29, 0.717) is 44.2 Å². The van der Waals surface area contributed by atoms with Gasteiger partial charge in [0.1, 0.15) is 11.4 Å². The van der Waals surface area contributed by atoms with Crippen LogP contribution in [0.25, 0.3) is 22.0 Å². The van der Waals surface area contributed by atoms with Crippen molar-refractivity contribution in [1.29, 1.82) is 0 Å². The summed E-state index contributed by atoms with van der Waals surface area (Å²) in [4.78, 5) is 13.0. The number of carbonyl (C=O) groups is 1. The number of methoxy groups -OCH3 is 4. The van der Waals surface area contributed by atoms with Gasteiger partial charge in [-0.25, -0.2) is 4.79 Å². The van der Waals surface area contributed by atoms with Gasteiger partial charge in [-0.05, 0) is 30.7 Å². The lowest BCUT2D eigenvalue weighted by Gasteiger charge is -2.19. The molecule has 9 heteroatoms. The van der Waals surface area contributed by atoms with E-state index >= 15 is 0 Å². The molecule has 0 N–H and O–H groups in total. The molecule has 8 nitrogen and oxygen atoms in total. The normalized spacial score (nSPS) is 10.7. The zero-order valence-corrected chi connectivity index (χ0v) is 19.2. The van der Waals surface area contributed by atoms with Crippen molar-refractivity contribution >= 4 is 28.5 Å². The third-order valence-electron chi connectivity index (χ3n) is 5.05. The highest BCUT2D eigenvalue weighted by Crippen LogP contribution is 2.41. The third-order valence-corrected chi connectivity index (χ3v) is 5.31. The number of halogens is 1. The van der Waals surface area contributed by atoms with Crippen LogP contribution in [0.3, 0.4) is 0 Å². The van der Waals surface area contributed by atoms with Crippen molar-refractivity contribution in [2.24, 2.45) is 0 Å². The summed E-state index contributed by atoms with van der Waals surface area (Å²) in [6.45, 7) is 1.82. The maximum atomic E-state index is 13.2. The number of ether oxygens (including phenoxy) is 5. The lowest BCUT2D eigenvalue weighted by molar-refractivity contribution is -0.585. The molecule has 0 bridgehead atoms. The van der Waals surface area contributed by atoms with Crippen LogP contribution in [0, 0.1) is 5.21 Å². The largest absolute Gasteiger partial charge is 0.618 e. The Labute approximate surface area is 190 Å². The molecule has 2 aromatic carbocycles. The second-order valence-electron chi connectivity index (χ2n) is 6.64. The van der Waals surface area contributed by atoms with E-state index in [1.54, 1.807) is 37.3 Å². The van der Waals surface area contributed by atoms with Crippen molar-refractivity contribution in [3.8, 4) is 34.1 Å². The summed E-state index contributed by atoms with van der Waals surface area (Å²) in [6.07, 6.45) is 0.